The lowest BCUT2D eigenvalue weighted by Crippen LogP contribution is -2.24. The summed E-state index contributed by atoms with van der Waals surface area (Å²) >= 11 is 1.52. The van der Waals surface area contributed by atoms with Gasteiger partial charge in [-0.1, -0.05) is 6.92 Å². The number of amides is 1. The number of hydrogen-bond acceptors (Lipinski definition) is 6. The molecule has 0 saturated heterocycles. The molecule has 148 valence electrons. The van der Waals surface area contributed by atoms with Crippen LogP contribution in [0.3, 0.4) is 0 Å². The SMILES string of the molecule is CCc1cc2c(=O)n(CCCC(N)=O)c(-c3ccc(OC)c(OC)c3)nc2s1. The Morgan fingerprint density at radius 3 is 2.61 bits per heavy atom. The monoisotopic (exact) mass is 401 g/mol. The van der Waals surface area contributed by atoms with Crippen molar-refractivity contribution in [2.24, 2.45) is 5.73 Å². The van der Waals surface area contributed by atoms with E-state index in [0.29, 0.717) is 40.5 Å². The number of nitrogens with zero attached hydrogens (tertiary/aromatic N) is 2. The summed E-state index contributed by atoms with van der Waals surface area (Å²) in [6, 6.07) is 7.32. The molecule has 0 aliphatic rings. The van der Waals surface area contributed by atoms with Crippen molar-refractivity contribution < 1.29 is 14.3 Å². The van der Waals surface area contributed by atoms with E-state index in [-0.39, 0.29) is 12.0 Å². The summed E-state index contributed by atoms with van der Waals surface area (Å²) in [5, 5.41) is 0.602. The second-order valence-corrected chi connectivity index (χ2v) is 7.43. The summed E-state index contributed by atoms with van der Waals surface area (Å²) in [7, 11) is 3.13. The maximum absolute atomic E-state index is 13.2. The van der Waals surface area contributed by atoms with E-state index in [1.54, 1.807) is 30.9 Å². The van der Waals surface area contributed by atoms with Crippen LogP contribution in [0.2, 0.25) is 0 Å². The molecule has 0 radical (unpaired) electrons. The fraction of sp³-hybridized carbons (Fsp3) is 0.350. The Labute approximate surface area is 166 Å². The smallest absolute Gasteiger partial charge is 0.262 e. The standard InChI is InChI=1S/C20H23N3O4S/c1-4-13-11-14-19(28-13)22-18(23(20(14)25)9-5-6-17(21)24)12-7-8-15(26-2)16(10-12)27-3/h7-8,10-11H,4-6,9H2,1-3H3,(H2,21,24). The van der Waals surface area contributed by atoms with Crippen LogP contribution < -0.4 is 20.8 Å². The van der Waals surface area contributed by atoms with Crippen LogP contribution in [0, 0.1) is 0 Å². The Morgan fingerprint density at radius 1 is 1.21 bits per heavy atom. The van der Waals surface area contributed by atoms with Gasteiger partial charge in [0.1, 0.15) is 10.7 Å². The zero-order valence-corrected chi connectivity index (χ0v) is 17.0. The van der Waals surface area contributed by atoms with Gasteiger partial charge in [-0.15, -0.1) is 11.3 Å². The van der Waals surface area contributed by atoms with Crippen molar-refractivity contribution in [3.8, 4) is 22.9 Å². The number of benzene rings is 1. The van der Waals surface area contributed by atoms with Gasteiger partial charge < -0.3 is 15.2 Å². The Bertz CT molecular complexity index is 1070. The lowest BCUT2D eigenvalue weighted by Gasteiger charge is -2.14. The molecule has 0 bridgehead atoms. The van der Waals surface area contributed by atoms with E-state index in [1.807, 2.05) is 19.1 Å². The molecule has 7 nitrogen and oxygen atoms in total. The van der Waals surface area contributed by atoms with Gasteiger partial charge in [-0.2, -0.15) is 0 Å². The fourth-order valence-electron chi connectivity index (χ4n) is 3.05. The molecule has 1 amide bonds. The van der Waals surface area contributed by atoms with Gasteiger partial charge in [-0.25, -0.2) is 4.98 Å². The Hall–Kier alpha value is -2.87. The summed E-state index contributed by atoms with van der Waals surface area (Å²) in [5.74, 6) is 1.30. The number of carbonyl (C=O) groups excluding carboxylic acids is 1. The van der Waals surface area contributed by atoms with Gasteiger partial charge in [-0.3, -0.25) is 14.2 Å². The van der Waals surface area contributed by atoms with E-state index >= 15 is 0 Å². The lowest BCUT2D eigenvalue weighted by atomic mass is 10.1. The van der Waals surface area contributed by atoms with Crippen LogP contribution >= 0.6 is 11.3 Å². The molecule has 3 rings (SSSR count). The number of nitrogens with two attached hydrogens (primary N) is 1. The maximum Gasteiger partial charge on any atom is 0.262 e. The molecule has 0 unspecified atom stereocenters. The molecule has 0 fully saturated rings. The molecule has 2 N–H and O–H groups in total. The minimum Gasteiger partial charge on any atom is -0.493 e. The molecule has 28 heavy (non-hydrogen) atoms. The van der Waals surface area contributed by atoms with E-state index in [1.165, 1.54) is 11.3 Å². The minimum atomic E-state index is -0.390. The highest BCUT2D eigenvalue weighted by Gasteiger charge is 2.17. The van der Waals surface area contributed by atoms with Crippen molar-refractivity contribution in [3.63, 3.8) is 0 Å². The predicted octanol–water partition coefficient (Wildman–Crippen LogP) is 2.97. The van der Waals surface area contributed by atoms with Crippen molar-refractivity contribution in [1.82, 2.24) is 9.55 Å². The molecule has 2 heterocycles. The third-order valence-electron chi connectivity index (χ3n) is 4.50. The van der Waals surface area contributed by atoms with Gasteiger partial charge in [0.2, 0.25) is 5.91 Å². The Kier molecular flexibility index (Phi) is 5.99. The number of primary amides is 1. The average molecular weight is 401 g/mol. The van der Waals surface area contributed by atoms with Crippen molar-refractivity contribution in [1.29, 1.82) is 0 Å². The molecule has 0 saturated carbocycles. The largest absolute Gasteiger partial charge is 0.493 e. The third-order valence-corrected chi connectivity index (χ3v) is 5.67. The second kappa shape index (κ2) is 8.43. The molecular weight excluding hydrogens is 378 g/mol. The average Bonchev–Trinajstić information content (AvgIpc) is 3.12. The van der Waals surface area contributed by atoms with Crippen LogP contribution in [0.5, 0.6) is 11.5 Å². The number of rotatable bonds is 8. The van der Waals surface area contributed by atoms with Crippen molar-refractivity contribution in [3.05, 3.63) is 39.5 Å². The topological polar surface area (TPSA) is 96.4 Å². The highest BCUT2D eigenvalue weighted by Crippen LogP contribution is 2.32. The second-order valence-electron chi connectivity index (χ2n) is 6.32. The van der Waals surface area contributed by atoms with Crippen LogP contribution in [-0.4, -0.2) is 29.7 Å². The highest BCUT2D eigenvalue weighted by molar-refractivity contribution is 7.18. The van der Waals surface area contributed by atoms with E-state index in [0.717, 1.165) is 16.9 Å². The summed E-state index contributed by atoms with van der Waals surface area (Å²) in [6.45, 7) is 2.40. The Balaban J connectivity index is 2.18. The number of aryl methyl sites for hydroxylation is 1. The molecule has 2 aromatic heterocycles. The number of methoxy groups -OCH3 is 2. The van der Waals surface area contributed by atoms with Crippen molar-refractivity contribution >= 4 is 27.5 Å². The third kappa shape index (κ3) is 3.87. The predicted molar refractivity (Wildman–Crippen MR) is 110 cm³/mol. The normalized spacial score (nSPS) is 11.0. The summed E-state index contributed by atoms with van der Waals surface area (Å²) in [4.78, 5) is 30.9. The molecule has 3 aromatic rings. The van der Waals surface area contributed by atoms with Crippen LogP contribution in [0.15, 0.2) is 29.1 Å². The van der Waals surface area contributed by atoms with Gasteiger partial charge >= 0.3 is 0 Å². The van der Waals surface area contributed by atoms with Gasteiger partial charge in [0.15, 0.2) is 11.5 Å². The molecule has 0 atom stereocenters. The van der Waals surface area contributed by atoms with E-state index < -0.39 is 5.91 Å². The van der Waals surface area contributed by atoms with Gasteiger partial charge in [0, 0.05) is 23.4 Å². The number of thiophene rings is 1. The van der Waals surface area contributed by atoms with E-state index in [9.17, 15) is 9.59 Å². The van der Waals surface area contributed by atoms with Crippen LogP contribution in [-0.2, 0) is 17.8 Å². The number of fused-ring (bicyclic) bond motifs is 1. The summed E-state index contributed by atoms with van der Waals surface area (Å²) < 4.78 is 12.3. The first-order valence-electron chi connectivity index (χ1n) is 9.02. The quantitative estimate of drug-likeness (QED) is 0.626. The molecule has 0 aliphatic carbocycles. The zero-order chi connectivity index (χ0) is 20.3. The van der Waals surface area contributed by atoms with E-state index in [4.69, 9.17) is 20.2 Å². The number of carbonyl (C=O) groups is 1. The minimum absolute atomic E-state index is 0.116. The number of ether oxygens (including phenoxy) is 2. The molecule has 0 spiro atoms. The van der Waals surface area contributed by atoms with Gasteiger partial charge in [0.05, 0.1) is 19.6 Å². The first kappa shape index (κ1) is 19.9. The number of hydrogen-bond donors (Lipinski definition) is 1. The Morgan fingerprint density at radius 2 is 1.96 bits per heavy atom. The zero-order valence-electron chi connectivity index (χ0n) is 16.2. The van der Waals surface area contributed by atoms with Gasteiger partial charge in [0.25, 0.3) is 5.56 Å². The van der Waals surface area contributed by atoms with Crippen molar-refractivity contribution in [2.45, 2.75) is 32.7 Å². The molecular formula is C20H23N3O4S. The maximum atomic E-state index is 13.2. The highest BCUT2D eigenvalue weighted by atomic mass is 32.1. The first-order chi connectivity index (χ1) is 13.5. The summed E-state index contributed by atoms with van der Waals surface area (Å²) in [6.07, 6.45) is 1.51. The van der Waals surface area contributed by atoms with E-state index in [2.05, 4.69) is 0 Å². The lowest BCUT2D eigenvalue weighted by molar-refractivity contribution is -0.118. The fourth-order valence-corrected chi connectivity index (χ4v) is 4.01. The van der Waals surface area contributed by atoms with Gasteiger partial charge in [-0.05, 0) is 37.1 Å². The molecule has 0 aliphatic heterocycles. The molecule has 8 heteroatoms. The van der Waals surface area contributed by atoms with Crippen molar-refractivity contribution in [2.75, 3.05) is 14.2 Å². The number of aromatic nitrogens is 2. The summed E-state index contributed by atoms with van der Waals surface area (Å²) in [5.41, 5.74) is 5.88. The van der Waals surface area contributed by atoms with Crippen LogP contribution in [0.4, 0.5) is 0 Å². The van der Waals surface area contributed by atoms with Crippen LogP contribution in [0.1, 0.15) is 24.6 Å². The van der Waals surface area contributed by atoms with Crippen LogP contribution in [0.25, 0.3) is 21.6 Å². The molecule has 1 aromatic carbocycles. The first-order valence-corrected chi connectivity index (χ1v) is 9.84.